The van der Waals surface area contributed by atoms with E-state index in [1.165, 1.54) is 0 Å². The molecule has 2 N–H and O–H groups in total. The molecule has 0 aromatic carbocycles. The van der Waals surface area contributed by atoms with Crippen LogP contribution in [0.3, 0.4) is 0 Å². The first-order valence-corrected chi connectivity index (χ1v) is 3.89. The topological polar surface area (TPSA) is 97.5 Å². The van der Waals surface area contributed by atoms with Gasteiger partial charge in [-0.05, 0) is 0 Å². The molecule has 0 aliphatic carbocycles. The van der Waals surface area contributed by atoms with Crippen LogP contribution in [-0.4, -0.2) is 28.5 Å². The van der Waals surface area contributed by atoms with Crippen molar-refractivity contribution in [3.63, 3.8) is 0 Å². The number of primary amides is 1. The van der Waals surface area contributed by atoms with Gasteiger partial charge in [0.15, 0.2) is 0 Å². The Morgan fingerprint density at radius 3 is 2.07 bits per heavy atom. The van der Waals surface area contributed by atoms with E-state index >= 15 is 0 Å². The number of hydrogen-bond donors (Lipinski definition) is 1. The van der Waals surface area contributed by atoms with Gasteiger partial charge < -0.3 is 5.73 Å². The molecule has 0 fully saturated rings. The monoisotopic (exact) mass is 196 g/mol. The van der Waals surface area contributed by atoms with E-state index in [1.807, 2.05) is 0 Å². The number of nitrogens with two attached hydrogens (primary N) is 1. The number of amides is 4. The van der Waals surface area contributed by atoms with Crippen molar-refractivity contribution in [2.45, 2.75) is 12.8 Å². The summed E-state index contributed by atoms with van der Waals surface area (Å²) in [5, 5.41) is 0. The molecule has 74 valence electrons. The maximum atomic E-state index is 11.2. The van der Waals surface area contributed by atoms with Crippen molar-refractivity contribution in [1.82, 2.24) is 4.90 Å². The van der Waals surface area contributed by atoms with Crippen LogP contribution in [0.15, 0.2) is 12.2 Å². The van der Waals surface area contributed by atoms with Gasteiger partial charge in [0.25, 0.3) is 11.8 Å². The van der Waals surface area contributed by atoms with Crippen LogP contribution in [0.25, 0.3) is 0 Å². The van der Waals surface area contributed by atoms with Gasteiger partial charge >= 0.3 is 0 Å². The predicted octanol–water partition coefficient (Wildman–Crippen LogP) is -1.30. The fraction of sp³-hybridized carbons (Fsp3) is 0.250. The summed E-state index contributed by atoms with van der Waals surface area (Å²) in [7, 11) is 0. The van der Waals surface area contributed by atoms with Gasteiger partial charge in [-0.25, -0.2) is 4.90 Å². The van der Waals surface area contributed by atoms with Crippen LogP contribution in [0, 0.1) is 0 Å². The molecular formula is C8H8N2O4. The highest BCUT2D eigenvalue weighted by molar-refractivity contribution is 6.22. The highest BCUT2D eigenvalue weighted by Crippen LogP contribution is 2.06. The van der Waals surface area contributed by atoms with E-state index in [4.69, 9.17) is 5.73 Å². The second-order valence-corrected chi connectivity index (χ2v) is 2.71. The van der Waals surface area contributed by atoms with E-state index in [0.717, 1.165) is 12.2 Å². The minimum absolute atomic E-state index is 0.171. The summed E-state index contributed by atoms with van der Waals surface area (Å²) < 4.78 is 0. The number of carbonyl (C=O) groups is 4. The molecule has 0 saturated heterocycles. The summed E-state index contributed by atoms with van der Waals surface area (Å²) in [5.74, 6) is -2.71. The highest BCUT2D eigenvalue weighted by atomic mass is 16.2. The first-order valence-electron chi connectivity index (χ1n) is 3.89. The number of carbonyl (C=O) groups excluding carboxylic acids is 4. The third-order valence-electron chi connectivity index (χ3n) is 1.64. The van der Waals surface area contributed by atoms with Gasteiger partial charge in [-0.3, -0.25) is 19.2 Å². The molecule has 1 aliphatic heterocycles. The van der Waals surface area contributed by atoms with Crippen molar-refractivity contribution < 1.29 is 19.2 Å². The molecule has 1 aliphatic rings. The molecule has 0 aromatic rings. The quantitative estimate of drug-likeness (QED) is 0.567. The molecule has 0 bridgehead atoms. The van der Waals surface area contributed by atoms with Crippen molar-refractivity contribution >= 4 is 23.6 Å². The SMILES string of the molecule is NC(=O)CCC(=O)N1C(=O)C=CC1=O. The molecule has 0 atom stereocenters. The average Bonchev–Trinajstić information content (AvgIpc) is 2.42. The summed E-state index contributed by atoms with van der Waals surface area (Å²) in [4.78, 5) is 43.9. The van der Waals surface area contributed by atoms with Crippen LogP contribution in [0.2, 0.25) is 0 Å². The largest absolute Gasteiger partial charge is 0.370 e. The zero-order chi connectivity index (χ0) is 10.7. The lowest BCUT2D eigenvalue weighted by atomic mass is 10.2. The summed E-state index contributed by atoms with van der Waals surface area (Å²) >= 11 is 0. The summed E-state index contributed by atoms with van der Waals surface area (Å²) in [5.41, 5.74) is 4.81. The van der Waals surface area contributed by atoms with Crippen LogP contribution in [-0.2, 0) is 19.2 Å². The van der Waals surface area contributed by atoms with E-state index < -0.39 is 23.6 Å². The minimum Gasteiger partial charge on any atom is -0.370 e. The molecule has 0 aromatic heterocycles. The molecule has 6 nitrogen and oxygen atoms in total. The molecule has 6 heteroatoms. The number of rotatable bonds is 3. The van der Waals surface area contributed by atoms with Crippen molar-refractivity contribution in [1.29, 1.82) is 0 Å². The molecule has 14 heavy (non-hydrogen) atoms. The normalized spacial score (nSPS) is 15.0. The van der Waals surface area contributed by atoms with E-state index in [9.17, 15) is 19.2 Å². The smallest absolute Gasteiger partial charge is 0.260 e. The van der Waals surface area contributed by atoms with Crippen LogP contribution in [0.4, 0.5) is 0 Å². The zero-order valence-corrected chi connectivity index (χ0v) is 7.23. The van der Waals surface area contributed by atoms with Gasteiger partial charge in [0, 0.05) is 25.0 Å². The number of imide groups is 3. The first-order chi connectivity index (χ1) is 6.52. The van der Waals surface area contributed by atoms with Gasteiger partial charge in [-0.2, -0.15) is 0 Å². The maximum Gasteiger partial charge on any atom is 0.260 e. The third kappa shape index (κ3) is 2.03. The molecular weight excluding hydrogens is 188 g/mol. The Bertz CT molecular complexity index is 327. The zero-order valence-electron chi connectivity index (χ0n) is 7.23. The predicted molar refractivity (Wildman–Crippen MR) is 44.4 cm³/mol. The Morgan fingerprint density at radius 2 is 1.64 bits per heavy atom. The fourth-order valence-electron chi connectivity index (χ4n) is 0.988. The highest BCUT2D eigenvalue weighted by Gasteiger charge is 2.29. The van der Waals surface area contributed by atoms with E-state index in [0.29, 0.717) is 4.90 Å². The Morgan fingerprint density at radius 1 is 1.14 bits per heavy atom. The lowest BCUT2D eigenvalue weighted by Crippen LogP contribution is -2.36. The van der Waals surface area contributed by atoms with E-state index in [-0.39, 0.29) is 12.8 Å². The Balaban J connectivity index is 2.57. The van der Waals surface area contributed by atoms with Crippen LogP contribution >= 0.6 is 0 Å². The molecule has 4 amide bonds. The van der Waals surface area contributed by atoms with Crippen LogP contribution in [0.1, 0.15) is 12.8 Å². The minimum atomic E-state index is -0.705. The van der Waals surface area contributed by atoms with Crippen molar-refractivity contribution in [2.75, 3.05) is 0 Å². The summed E-state index contributed by atoms with van der Waals surface area (Å²) in [6.07, 6.45) is 1.61. The molecule has 0 saturated carbocycles. The lowest BCUT2D eigenvalue weighted by molar-refractivity contribution is -0.148. The first kappa shape index (κ1) is 10.1. The summed E-state index contributed by atoms with van der Waals surface area (Å²) in [6.45, 7) is 0. The average molecular weight is 196 g/mol. The molecule has 0 radical (unpaired) electrons. The molecule has 1 heterocycles. The Hall–Kier alpha value is -1.98. The van der Waals surface area contributed by atoms with Gasteiger partial charge in [-0.15, -0.1) is 0 Å². The third-order valence-corrected chi connectivity index (χ3v) is 1.64. The second-order valence-electron chi connectivity index (χ2n) is 2.71. The van der Waals surface area contributed by atoms with E-state index in [1.54, 1.807) is 0 Å². The number of hydrogen-bond acceptors (Lipinski definition) is 4. The molecule has 0 spiro atoms. The van der Waals surface area contributed by atoms with Gasteiger partial charge in [0.1, 0.15) is 0 Å². The molecule has 0 unspecified atom stereocenters. The van der Waals surface area contributed by atoms with Crippen LogP contribution in [0.5, 0.6) is 0 Å². The van der Waals surface area contributed by atoms with Crippen LogP contribution < -0.4 is 5.73 Å². The van der Waals surface area contributed by atoms with E-state index in [2.05, 4.69) is 0 Å². The maximum absolute atomic E-state index is 11.2. The second kappa shape index (κ2) is 3.82. The van der Waals surface area contributed by atoms with Gasteiger partial charge in [0.05, 0.1) is 0 Å². The molecule has 1 rings (SSSR count). The number of nitrogens with zero attached hydrogens (tertiary/aromatic N) is 1. The Labute approximate surface area is 79.3 Å². The Kier molecular flexibility index (Phi) is 2.76. The van der Waals surface area contributed by atoms with Crippen molar-refractivity contribution in [2.24, 2.45) is 5.73 Å². The standard InChI is InChI=1S/C8H8N2O4/c9-5(11)1-2-6(12)10-7(13)3-4-8(10)14/h3-4H,1-2H2,(H2,9,11). The van der Waals surface area contributed by atoms with Gasteiger partial charge in [0.2, 0.25) is 11.8 Å². The fourth-order valence-corrected chi connectivity index (χ4v) is 0.988. The van der Waals surface area contributed by atoms with Crippen molar-refractivity contribution in [3.05, 3.63) is 12.2 Å². The van der Waals surface area contributed by atoms with Crippen molar-refractivity contribution in [3.8, 4) is 0 Å². The van der Waals surface area contributed by atoms with Gasteiger partial charge in [-0.1, -0.05) is 0 Å². The lowest BCUT2D eigenvalue weighted by Gasteiger charge is -2.10. The summed E-state index contributed by atoms with van der Waals surface area (Å²) in [6, 6.07) is 0.